The molecule has 1 saturated heterocycles. The monoisotopic (exact) mass is 268 g/mol. The summed E-state index contributed by atoms with van der Waals surface area (Å²) in [7, 11) is 0. The van der Waals surface area contributed by atoms with E-state index in [-0.39, 0.29) is 0 Å². The zero-order chi connectivity index (χ0) is 13.9. The van der Waals surface area contributed by atoms with Gasteiger partial charge in [-0.05, 0) is 31.4 Å². The number of carbonyl (C=O) groups is 2. The molecule has 0 bridgehead atoms. The number of benzene rings is 1. The second-order valence-electron chi connectivity index (χ2n) is 5.06. The molecular formula is C16H16N2O2. The van der Waals surface area contributed by atoms with E-state index < -0.39 is 11.7 Å². The van der Waals surface area contributed by atoms with Gasteiger partial charge in [0.05, 0.1) is 11.1 Å². The number of aromatic nitrogens is 1. The van der Waals surface area contributed by atoms with E-state index in [1.54, 1.807) is 23.2 Å². The first-order valence-electron chi connectivity index (χ1n) is 6.95. The van der Waals surface area contributed by atoms with Crippen LogP contribution in [0.15, 0.2) is 36.5 Å². The first-order valence-corrected chi connectivity index (χ1v) is 6.95. The van der Waals surface area contributed by atoms with E-state index in [9.17, 15) is 9.59 Å². The first kappa shape index (κ1) is 12.8. The number of piperidine rings is 1. The third kappa shape index (κ3) is 2.29. The Morgan fingerprint density at radius 3 is 2.55 bits per heavy atom. The van der Waals surface area contributed by atoms with Crippen molar-refractivity contribution in [3.05, 3.63) is 42.1 Å². The Balaban J connectivity index is 1.94. The maximum Gasteiger partial charge on any atom is 0.295 e. The number of ketones is 1. The largest absolute Gasteiger partial charge is 0.336 e. The van der Waals surface area contributed by atoms with Crippen molar-refractivity contribution in [3.8, 4) is 0 Å². The maximum absolute atomic E-state index is 12.4. The summed E-state index contributed by atoms with van der Waals surface area (Å²) in [5.74, 6) is -0.848. The predicted octanol–water partition coefficient (Wildman–Crippen LogP) is 2.43. The minimum atomic E-state index is -0.448. The van der Waals surface area contributed by atoms with Gasteiger partial charge in [0.2, 0.25) is 0 Å². The number of para-hydroxylation sites is 1. The van der Waals surface area contributed by atoms with Gasteiger partial charge < -0.3 is 4.90 Å². The summed E-state index contributed by atoms with van der Waals surface area (Å²) in [5, 5.41) is 0.879. The van der Waals surface area contributed by atoms with Gasteiger partial charge in [-0.2, -0.15) is 0 Å². The van der Waals surface area contributed by atoms with Crippen LogP contribution in [0, 0.1) is 0 Å². The molecule has 0 spiro atoms. The minimum absolute atomic E-state index is 0.400. The summed E-state index contributed by atoms with van der Waals surface area (Å²) in [6.07, 6.45) is 4.73. The maximum atomic E-state index is 12.4. The van der Waals surface area contributed by atoms with Crippen LogP contribution in [0.4, 0.5) is 0 Å². The molecule has 1 aromatic carbocycles. The Kier molecular flexibility index (Phi) is 3.46. The highest BCUT2D eigenvalue weighted by atomic mass is 16.2. The van der Waals surface area contributed by atoms with Crippen molar-refractivity contribution in [2.24, 2.45) is 0 Å². The number of rotatable bonds is 2. The van der Waals surface area contributed by atoms with Gasteiger partial charge in [0, 0.05) is 24.7 Å². The van der Waals surface area contributed by atoms with Crippen molar-refractivity contribution in [1.29, 1.82) is 0 Å². The first-order chi connectivity index (χ1) is 9.77. The Bertz CT molecular complexity index is 655. The number of amides is 1. The molecule has 0 saturated carbocycles. The average molecular weight is 268 g/mol. The summed E-state index contributed by atoms with van der Waals surface area (Å²) in [4.78, 5) is 30.6. The summed E-state index contributed by atoms with van der Waals surface area (Å²) in [5.41, 5.74) is 1.00. The van der Waals surface area contributed by atoms with Crippen LogP contribution in [0.5, 0.6) is 0 Å². The minimum Gasteiger partial charge on any atom is -0.336 e. The molecule has 0 radical (unpaired) electrons. The quantitative estimate of drug-likeness (QED) is 0.621. The van der Waals surface area contributed by atoms with E-state index in [0.29, 0.717) is 24.2 Å². The lowest BCUT2D eigenvalue weighted by molar-refractivity contribution is -0.127. The van der Waals surface area contributed by atoms with Crippen molar-refractivity contribution < 1.29 is 9.59 Å². The highest BCUT2D eigenvalue weighted by Crippen LogP contribution is 2.18. The topological polar surface area (TPSA) is 50.3 Å². The third-order valence-corrected chi connectivity index (χ3v) is 3.71. The van der Waals surface area contributed by atoms with E-state index in [1.807, 2.05) is 18.2 Å². The number of carbonyl (C=O) groups excluding carboxylic acids is 2. The standard InChI is InChI=1S/C16H16N2O2/c19-15(16(20)18-10-2-1-3-11-18)13-8-4-6-12-7-5-9-17-14(12)13/h4-9H,1-3,10-11H2. The molecule has 0 aliphatic carbocycles. The highest BCUT2D eigenvalue weighted by molar-refractivity contribution is 6.44. The summed E-state index contributed by atoms with van der Waals surface area (Å²) in [6, 6.07) is 9.08. The van der Waals surface area contributed by atoms with Crippen LogP contribution in [0.25, 0.3) is 10.9 Å². The molecule has 102 valence electrons. The molecule has 2 heterocycles. The number of hydrogen-bond donors (Lipinski definition) is 0. The van der Waals surface area contributed by atoms with Gasteiger partial charge in [-0.1, -0.05) is 18.2 Å². The highest BCUT2D eigenvalue weighted by Gasteiger charge is 2.25. The number of Topliss-reactive ketones (excluding diaryl/α,β-unsaturated/α-hetero) is 1. The molecule has 0 atom stereocenters. The van der Waals surface area contributed by atoms with Crippen molar-refractivity contribution in [1.82, 2.24) is 9.88 Å². The number of hydrogen-bond acceptors (Lipinski definition) is 3. The molecule has 1 aliphatic heterocycles. The van der Waals surface area contributed by atoms with Gasteiger partial charge in [-0.3, -0.25) is 14.6 Å². The predicted molar refractivity (Wildman–Crippen MR) is 76.5 cm³/mol. The molecule has 4 heteroatoms. The molecule has 3 rings (SSSR count). The number of fused-ring (bicyclic) bond motifs is 1. The van der Waals surface area contributed by atoms with Gasteiger partial charge in [0.25, 0.3) is 11.7 Å². The molecule has 20 heavy (non-hydrogen) atoms. The molecule has 1 aromatic heterocycles. The fraction of sp³-hybridized carbons (Fsp3) is 0.312. The zero-order valence-electron chi connectivity index (χ0n) is 11.2. The average Bonchev–Trinajstić information content (AvgIpc) is 2.54. The lowest BCUT2D eigenvalue weighted by Crippen LogP contribution is -2.40. The molecule has 1 fully saturated rings. The van der Waals surface area contributed by atoms with Crippen molar-refractivity contribution in [2.45, 2.75) is 19.3 Å². The Morgan fingerprint density at radius 2 is 1.75 bits per heavy atom. The SMILES string of the molecule is O=C(C(=O)N1CCCCC1)c1cccc2cccnc12. The van der Waals surface area contributed by atoms with Crippen LogP contribution in [0.3, 0.4) is 0 Å². The number of pyridine rings is 1. The van der Waals surface area contributed by atoms with Crippen molar-refractivity contribution in [3.63, 3.8) is 0 Å². The van der Waals surface area contributed by atoms with E-state index in [4.69, 9.17) is 0 Å². The fourth-order valence-corrected chi connectivity index (χ4v) is 2.64. The second kappa shape index (κ2) is 5.41. The lowest BCUT2D eigenvalue weighted by Gasteiger charge is -2.25. The molecule has 1 amide bonds. The zero-order valence-corrected chi connectivity index (χ0v) is 11.2. The number of nitrogens with zero attached hydrogens (tertiary/aromatic N) is 2. The summed E-state index contributed by atoms with van der Waals surface area (Å²) >= 11 is 0. The van der Waals surface area contributed by atoms with Crippen LogP contribution < -0.4 is 0 Å². The lowest BCUT2D eigenvalue weighted by atomic mass is 10.0. The van der Waals surface area contributed by atoms with E-state index in [0.717, 1.165) is 24.6 Å². The van der Waals surface area contributed by atoms with Gasteiger partial charge in [-0.15, -0.1) is 0 Å². The van der Waals surface area contributed by atoms with E-state index in [1.165, 1.54) is 0 Å². The molecule has 0 unspecified atom stereocenters. The molecular weight excluding hydrogens is 252 g/mol. The Labute approximate surface area is 117 Å². The molecule has 1 aliphatic rings. The van der Waals surface area contributed by atoms with Gasteiger partial charge in [0.1, 0.15) is 0 Å². The van der Waals surface area contributed by atoms with Crippen molar-refractivity contribution in [2.75, 3.05) is 13.1 Å². The van der Waals surface area contributed by atoms with E-state index >= 15 is 0 Å². The molecule has 2 aromatic rings. The van der Waals surface area contributed by atoms with Gasteiger partial charge in [0.15, 0.2) is 0 Å². The third-order valence-electron chi connectivity index (χ3n) is 3.71. The molecule has 0 N–H and O–H groups in total. The van der Waals surface area contributed by atoms with Crippen LogP contribution in [-0.4, -0.2) is 34.7 Å². The van der Waals surface area contributed by atoms with Crippen LogP contribution >= 0.6 is 0 Å². The summed E-state index contributed by atoms with van der Waals surface area (Å²) in [6.45, 7) is 1.37. The smallest absolute Gasteiger partial charge is 0.295 e. The fourth-order valence-electron chi connectivity index (χ4n) is 2.64. The Hall–Kier alpha value is -2.23. The van der Waals surface area contributed by atoms with Gasteiger partial charge >= 0.3 is 0 Å². The van der Waals surface area contributed by atoms with E-state index in [2.05, 4.69) is 4.98 Å². The second-order valence-corrected chi connectivity index (χ2v) is 5.06. The molecule has 4 nitrogen and oxygen atoms in total. The number of likely N-dealkylation sites (tertiary alicyclic amines) is 1. The van der Waals surface area contributed by atoms with Crippen LogP contribution in [0.2, 0.25) is 0 Å². The normalized spacial score (nSPS) is 15.3. The van der Waals surface area contributed by atoms with Crippen LogP contribution in [-0.2, 0) is 4.79 Å². The Morgan fingerprint density at radius 1 is 1.00 bits per heavy atom. The summed E-state index contributed by atoms with van der Waals surface area (Å²) < 4.78 is 0. The van der Waals surface area contributed by atoms with Crippen molar-refractivity contribution >= 4 is 22.6 Å². The van der Waals surface area contributed by atoms with Gasteiger partial charge in [-0.25, -0.2) is 0 Å². The van der Waals surface area contributed by atoms with Crippen LogP contribution in [0.1, 0.15) is 29.6 Å².